The van der Waals surface area contributed by atoms with E-state index in [1.165, 1.54) is 37.5 Å². The second-order valence-corrected chi connectivity index (χ2v) is 25.2. The van der Waals surface area contributed by atoms with Gasteiger partial charge in [0.05, 0.1) is 13.0 Å². The van der Waals surface area contributed by atoms with Crippen LogP contribution in [0.3, 0.4) is 0 Å². The lowest BCUT2D eigenvalue weighted by molar-refractivity contribution is -0.142. The highest BCUT2D eigenvalue weighted by molar-refractivity contribution is 6.01. The highest BCUT2D eigenvalue weighted by Crippen LogP contribution is 2.22. The molecule has 2 bridgehead atoms. The molecule has 3 fully saturated rings. The number of aromatic nitrogens is 1. The number of aliphatic imine (C=N–C) groups is 1. The highest BCUT2D eigenvalue weighted by atomic mass is 19.1. The van der Waals surface area contributed by atoms with Crippen LogP contribution in [0.2, 0.25) is 0 Å². The first-order chi connectivity index (χ1) is 47.7. The van der Waals surface area contributed by atoms with E-state index in [9.17, 15) is 61.9 Å². The number of rotatable bonds is 20. The molecule has 32 nitrogen and oxygen atoms in total. The largest absolute Gasteiger partial charge is 0.370 e. The normalized spacial score (nSPS) is 21.9. The third-order valence-electron chi connectivity index (χ3n) is 16.8. The van der Waals surface area contributed by atoms with E-state index in [1.54, 1.807) is 26.0 Å². The molecule has 3 saturated heterocycles. The molecule has 536 valence electrons. The van der Waals surface area contributed by atoms with Crippen molar-refractivity contribution >= 4 is 99.4 Å². The van der Waals surface area contributed by atoms with E-state index < -0.39 is 188 Å². The molecule has 0 spiro atoms. The summed E-state index contributed by atoms with van der Waals surface area (Å²) >= 11 is 0. The minimum atomic E-state index is -2.08. The smallest absolute Gasteiger partial charge is 0.245 e. The Morgan fingerprint density at radius 1 is 0.640 bits per heavy atom. The summed E-state index contributed by atoms with van der Waals surface area (Å²) in [7, 11) is 0. The van der Waals surface area contributed by atoms with Gasteiger partial charge in [-0.3, -0.25) is 77.1 Å². The molecule has 14 amide bonds. The topological polar surface area (TPSA) is 490 Å². The lowest BCUT2D eigenvalue weighted by atomic mass is 9.99. The van der Waals surface area contributed by atoms with Crippen LogP contribution in [0.4, 0.5) is 4.39 Å². The summed E-state index contributed by atoms with van der Waals surface area (Å²) in [5.74, 6) is -14.6. The van der Waals surface area contributed by atoms with Gasteiger partial charge in [-0.25, -0.2) is 4.39 Å². The Morgan fingerprint density at radius 2 is 1.29 bits per heavy atom. The maximum Gasteiger partial charge on any atom is 0.245 e. The molecule has 10 atom stereocenters. The van der Waals surface area contributed by atoms with Crippen molar-refractivity contribution in [2.45, 2.75) is 158 Å². The lowest BCUT2D eigenvalue weighted by Gasteiger charge is -2.31. The van der Waals surface area contributed by atoms with Crippen molar-refractivity contribution in [3.8, 4) is 0 Å². The fourth-order valence-corrected chi connectivity index (χ4v) is 11.6. The average Bonchev–Trinajstić information content (AvgIpc) is 1.44. The van der Waals surface area contributed by atoms with Crippen molar-refractivity contribution < 1.29 is 71.5 Å². The fraction of sp³-hybridized carbons (Fsp3) is 0.463. The predicted octanol–water partition coefficient (Wildman–Crippen LogP) is -3.70. The molecule has 4 aromatic rings. The van der Waals surface area contributed by atoms with Crippen molar-refractivity contribution in [1.82, 2.24) is 73.7 Å². The first-order valence-electron chi connectivity index (χ1n) is 33.0. The summed E-state index contributed by atoms with van der Waals surface area (Å²) in [4.78, 5) is 209. The van der Waals surface area contributed by atoms with Crippen LogP contribution in [0.5, 0.6) is 0 Å². The number of hydrogen-bond donors (Lipinski definition) is 15. The van der Waals surface area contributed by atoms with Gasteiger partial charge in [0, 0.05) is 71.2 Å². The Hall–Kier alpha value is -11.1. The maximum absolute atomic E-state index is 15.2. The van der Waals surface area contributed by atoms with Gasteiger partial charge in [-0.15, -0.1) is 0 Å². The SMILES string of the molecule is CC(=O)N[C@H](Cc1ccc2ccccc2c1)C(=O)N[C@@H](Cc1ccc(F)cc1)C(=O)N[C@H](Cc1cccnc1)C(=O)N[C@H]1CC(=O)NC[C@@H](C(N)=O)NC(=O)[C@@H]2CCCN2C(=O)[C@H]2CCNC(=O)CNC(=O)CC[C@H](NC1=O)C(=O)N[C@@H](CCCN=C(N)N)C(=O)N[C@@H](CC(C)C)C(=O)N2. The Morgan fingerprint density at radius 3 is 1.97 bits per heavy atom. The zero-order chi connectivity index (χ0) is 72.6. The second kappa shape index (κ2) is 37.0. The zero-order valence-electron chi connectivity index (χ0n) is 55.7. The number of nitrogens with zero attached hydrogens (tertiary/aromatic N) is 3. The van der Waals surface area contributed by atoms with Gasteiger partial charge in [0.15, 0.2) is 5.96 Å². The molecule has 4 heterocycles. The number of benzene rings is 3. The molecule has 0 saturated carbocycles. The number of carbonyl (C=O) groups excluding carboxylic acids is 14. The summed E-state index contributed by atoms with van der Waals surface area (Å²) in [6.07, 6.45) is -0.403. The standard InChI is InChI=1S/C67H87FN18O14/c1-36(2)27-47-60(94)80-46-22-25-73-56(90)35-76-54(88)21-20-45(59(93)78-44(58(92)81-47)12-7-24-74-67(70)71)79-64(98)51(32-55(89)75-34-52(57(69)91)85-65(99)53-13-8-26-86(53)66(46)100)84-63(97)50(31-40-9-6-23-72-33-40)83-62(96)49(29-38-15-18-43(68)19-16-38)82-61(95)48(77-37(3)87)30-39-14-17-41-10-4-5-11-42(41)28-39/h4-6,9-11,14-19,23,28,33,36,44-53H,7-8,12-13,20-22,24-27,29-32,34-35H2,1-3H3,(H2,69,91)(H,73,90)(H,75,89)(H,76,88)(H,77,87)(H,78,93)(H,79,98)(H,80,94)(H,81,92)(H,82,95)(H,83,96)(H,84,97)(H,85,99)(H4,70,71,74)/t44-,45-,46+,47-,48+,49-,50+,51-,52-,53-/m0/s1. The van der Waals surface area contributed by atoms with Gasteiger partial charge in [-0.2, -0.15) is 0 Å². The Bertz CT molecular complexity index is 3690. The average molecular weight is 1390 g/mol. The maximum atomic E-state index is 15.2. The molecule has 100 heavy (non-hydrogen) atoms. The van der Waals surface area contributed by atoms with Gasteiger partial charge in [0.1, 0.15) is 66.2 Å². The van der Waals surface area contributed by atoms with Gasteiger partial charge in [0.2, 0.25) is 82.7 Å². The number of primary amides is 1. The van der Waals surface area contributed by atoms with Crippen LogP contribution in [0, 0.1) is 11.7 Å². The number of pyridine rings is 1. The van der Waals surface area contributed by atoms with E-state index in [-0.39, 0.29) is 82.9 Å². The zero-order valence-corrected chi connectivity index (χ0v) is 55.7. The molecule has 7 rings (SSSR count). The van der Waals surface area contributed by atoms with Crippen LogP contribution in [-0.2, 0) is 86.4 Å². The van der Waals surface area contributed by atoms with Crippen LogP contribution in [-0.4, -0.2) is 192 Å². The Balaban J connectivity index is 1.28. The number of amides is 14. The van der Waals surface area contributed by atoms with E-state index in [2.05, 4.69) is 73.8 Å². The lowest BCUT2D eigenvalue weighted by Crippen LogP contribution is -2.61. The summed E-state index contributed by atoms with van der Waals surface area (Å²) in [6.45, 7) is 2.95. The van der Waals surface area contributed by atoms with E-state index in [0.717, 1.165) is 27.8 Å². The van der Waals surface area contributed by atoms with Crippen LogP contribution in [0.25, 0.3) is 10.8 Å². The number of carbonyl (C=O) groups is 14. The minimum Gasteiger partial charge on any atom is -0.370 e. The third-order valence-corrected chi connectivity index (χ3v) is 16.8. The number of hydrogen-bond acceptors (Lipinski definition) is 16. The summed E-state index contributed by atoms with van der Waals surface area (Å²) < 4.78 is 14.4. The minimum absolute atomic E-state index is 0.0263. The monoisotopic (exact) mass is 1390 g/mol. The molecule has 3 aliphatic rings. The fourth-order valence-electron chi connectivity index (χ4n) is 11.6. The molecule has 3 aliphatic heterocycles. The number of fused-ring (bicyclic) bond motifs is 11. The van der Waals surface area contributed by atoms with Gasteiger partial charge in [-0.05, 0) is 96.5 Å². The summed E-state index contributed by atoms with van der Waals surface area (Å²) in [5.41, 5.74) is 18.3. The Labute approximate surface area is 575 Å². The van der Waals surface area contributed by atoms with Crippen LogP contribution >= 0.6 is 0 Å². The number of guanidine groups is 1. The van der Waals surface area contributed by atoms with Crippen molar-refractivity contribution in [1.29, 1.82) is 0 Å². The molecule has 1 aromatic heterocycles. The van der Waals surface area contributed by atoms with Crippen molar-refractivity contribution in [2.75, 3.05) is 32.7 Å². The molecular formula is C67H87FN18O14. The van der Waals surface area contributed by atoms with Crippen LogP contribution in [0.15, 0.2) is 96.2 Å². The number of nitrogens with one attached hydrogen (secondary N) is 12. The van der Waals surface area contributed by atoms with E-state index >= 15 is 9.59 Å². The first-order valence-corrected chi connectivity index (χ1v) is 33.0. The van der Waals surface area contributed by atoms with E-state index in [1.807, 2.05) is 36.4 Å². The van der Waals surface area contributed by atoms with Crippen molar-refractivity contribution in [3.05, 3.63) is 114 Å². The third kappa shape index (κ3) is 23.6. The molecule has 33 heteroatoms. The summed E-state index contributed by atoms with van der Waals surface area (Å²) in [5, 5.41) is 32.5. The second-order valence-electron chi connectivity index (χ2n) is 25.2. The quantitative estimate of drug-likeness (QED) is 0.0175. The summed E-state index contributed by atoms with van der Waals surface area (Å²) in [6, 6.07) is 5.05. The molecule has 0 radical (unpaired) electrons. The molecule has 0 unspecified atom stereocenters. The molecule has 3 aromatic carbocycles. The van der Waals surface area contributed by atoms with Crippen molar-refractivity contribution in [2.24, 2.45) is 28.1 Å². The van der Waals surface area contributed by atoms with Crippen LogP contribution < -0.4 is 81.0 Å². The van der Waals surface area contributed by atoms with Gasteiger partial charge in [-0.1, -0.05) is 74.5 Å². The number of halogens is 1. The number of nitrogens with two attached hydrogens (primary N) is 3. The van der Waals surface area contributed by atoms with Gasteiger partial charge in [0.25, 0.3) is 0 Å². The predicted molar refractivity (Wildman–Crippen MR) is 360 cm³/mol. The van der Waals surface area contributed by atoms with Gasteiger partial charge < -0.3 is 85.9 Å². The van der Waals surface area contributed by atoms with Crippen LogP contribution in [0.1, 0.15) is 95.2 Å². The highest BCUT2D eigenvalue weighted by Gasteiger charge is 2.41. The molecule has 18 N–H and O–H groups in total. The van der Waals surface area contributed by atoms with Gasteiger partial charge >= 0.3 is 0 Å². The van der Waals surface area contributed by atoms with Crippen molar-refractivity contribution in [3.63, 3.8) is 0 Å². The molecule has 0 aliphatic carbocycles. The van der Waals surface area contributed by atoms with E-state index in [4.69, 9.17) is 17.2 Å². The van der Waals surface area contributed by atoms with E-state index in [0.29, 0.717) is 16.7 Å². The first kappa shape index (κ1) is 76.2. The molecular weight excluding hydrogens is 1300 g/mol. The Kier molecular flexibility index (Phi) is 28.2.